The number of ether oxygens (including phenoxy) is 3. The SMILES string of the molecule is CN1CCOC(CN=C(N)Nc2ccc3c(c2)OCCCO3)C1. The minimum atomic E-state index is 0.0953. The van der Waals surface area contributed by atoms with Gasteiger partial charge in [-0.1, -0.05) is 0 Å². The van der Waals surface area contributed by atoms with Gasteiger partial charge in [0.2, 0.25) is 0 Å². The summed E-state index contributed by atoms with van der Waals surface area (Å²) in [4.78, 5) is 6.60. The highest BCUT2D eigenvalue weighted by Crippen LogP contribution is 2.32. The molecule has 0 aromatic heterocycles. The van der Waals surface area contributed by atoms with Crippen LogP contribution in [0.2, 0.25) is 0 Å². The smallest absolute Gasteiger partial charge is 0.193 e. The molecule has 0 spiro atoms. The first-order valence-electron chi connectivity index (χ1n) is 7.97. The first-order chi connectivity index (χ1) is 11.2. The van der Waals surface area contributed by atoms with Crippen LogP contribution in [0, 0.1) is 0 Å². The Balaban J connectivity index is 1.57. The number of fused-ring (bicyclic) bond motifs is 1. The van der Waals surface area contributed by atoms with Gasteiger partial charge in [-0.2, -0.15) is 0 Å². The van der Waals surface area contributed by atoms with Gasteiger partial charge in [-0.15, -0.1) is 0 Å². The minimum Gasteiger partial charge on any atom is -0.490 e. The number of nitrogens with one attached hydrogen (secondary N) is 1. The Hall–Kier alpha value is -1.99. The van der Waals surface area contributed by atoms with Crippen molar-refractivity contribution in [1.82, 2.24) is 4.90 Å². The van der Waals surface area contributed by atoms with E-state index >= 15 is 0 Å². The Morgan fingerprint density at radius 2 is 2.13 bits per heavy atom. The van der Waals surface area contributed by atoms with E-state index in [1.165, 1.54) is 0 Å². The molecule has 1 fully saturated rings. The Bertz CT molecular complexity index is 564. The van der Waals surface area contributed by atoms with Crippen LogP contribution < -0.4 is 20.5 Å². The van der Waals surface area contributed by atoms with Gasteiger partial charge < -0.3 is 30.2 Å². The third-order valence-electron chi connectivity index (χ3n) is 3.83. The zero-order valence-electron chi connectivity index (χ0n) is 13.5. The first kappa shape index (κ1) is 15.9. The minimum absolute atomic E-state index is 0.0953. The molecule has 0 aliphatic carbocycles. The van der Waals surface area contributed by atoms with Crippen molar-refractivity contribution in [3.8, 4) is 11.5 Å². The lowest BCUT2D eigenvalue weighted by molar-refractivity contribution is -0.0136. The van der Waals surface area contributed by atoms with E-state index < -0.39 is 0 Å². The third kappa shape index (κ3) is 4.49. The average Bonchev–Trinajstić information content (AvgIpc) is 2.78. The Morgan fingerprint density at radius 1 is 1.30 bits per heavy atom. The molecule has 1 aromatic rings. The van der Waals surface area contributed by atoms with E-state index in [-0.39, 0.29) is 6.10 Å². The lowest BCUT2D eigenvalue weighted by Crippen LogP contribution is -2.41. The number of rotatable bonds is 3. The van der Waals surface area contributed by atoms with E-state index in [9.17, 15) is 0 Å². The highest BCUT2D eigenvalue weighted by Gasteiger charge is 2.17. The summed E-state index contributed by atoms with van der Waals surface area (Å²) < 4.78 is 16.9. The molecule has 0 saturated carbocycles. The maximum atomic E-state index is 5.96. The number of anilines is 1. The summed E-state index contributed by atoms with van der Waals surface area (Å²) in [5.74, 6) is 1.87. The van der Waals surface area contributed by atoms with Crippen LogP contribution in [-0.4, -0.2) is 63.5 Å². The number of morpholine rings is 1. The van der Waals surface area contributed by atoms with Crippen LogP contribution in [0.15, 0.2) is 23.2 Å². The molecule has 126 valence electrons. The third-order valence-corrected chi connectivity index (χ3v) is 3.83. The van der Waals surface area contributed by atoms with Gasteiger partial charge in [0.15, 0.2) is 17.5 Å². The second-order valence-corrected chi connectivity index (χ2v) is 5.82. The monoisotopic (exact) mass is 320 g/mol. The average molecular weight is 320 g/mol. The number of nitrogens with zero attached hydrogens (tertiary/aromatic N) is 2. The Labute approximate surface area is 136 Å². The molecular weight excluding hydrogens is 296 g/mol. The van der Waals surface area contributed by atoms with Gasteiger partial charge in [0.25, 0.3) is 0 Å². The van der Waals surface area contributed by atoms with Crippen LogP contribution in [0.25, 0.3) is 0 Å². The van der Waals surface area contributed by atoms with Gasteiger partial charge in [0, 0.05) is 31.3 Å². The van der Waals surface area contributed by atoms with Gasteiger partial charge in [-0.05, 0) is 19.2 Å². The van der Waals surface area contributed by atoms with Crippen LogP contribution >= 0.6 is 0 Å². The molecule has 1 saturated heterocycles. The number of hydrogen-bond acceptors (Lipinski definition) is 5. The molecule has 2 aliphatic heterocycles. The molecule has 3 rings (SSSR count). The predicted octanol–water partition coefficient (Wildman–Crippen LogP) is 0.905. The number of aliphatic imine (C=N–C) groups is 1. The fourth-order valence-electron chi connectivity index (χ4n) is 2.61. The molecule has 0 radical (unpaired) electrons. The fourth-order valence-corrected chi connectivity index (χ4v) is 2.61. The largest absolute Gasteiger partial charge is 0.490 e. The molecule has 7 nitrogen and oxygen atoms in total. The zero-order chi connectivity index (χ0) is 16.1. The Kier molecular flexibility index (Phi) is 5.19. The lowest BCUT2D eigenvalue weighted by Gasteiger charge is -2.29. The van der Waals surface area contributed by atoms with Crippen LogP contribution in [0.5, 0.6) is 11.5 Å². The van der Waals surface area contributed by atoms with Gasteiger partial charge in [-0.25, -0.2) is 0 Å². The molecule has 2 aliphatic rings. The molecule has 1 aromatic carbocycles. The highest BCUT2D eigenvalue weighted by atomic mass is 16.5. The van der Waals surface area contributed by atoms with Crippen molar-refractivity contribution < 1.29 is 14.2 Å². The van der Waals surface area contributed by atoms with Crippen molar-refractivity contribution in [1.29, 1.82) is 0 Å². The van der Waals surface area contributed by atoms with Gasteiger partial charge in [0.05, 0.1) is 32.5 Å². The molecule has 1 atom stereocenters. The van der Waals surface area contributed by atoms with Crippen LogP contribution in [0.4, 0.5) is 5.69 Å². The molecule has 2 heterocycles. The summed E-state index contributed by atoms with van der Waals surface area (Å²) in [6.07, 6.45) is 0.981. The van der Waals surface area contributed by atoms with Crippen molar-refractivity contribution in [3.63, 3.8) is 0 Å². The molecule has 3 N–H and O–H groups in total. The number of benzene rings is 1. The van der Waals surface area contributed by atoms with Crippen LogP contribution in [0.1, 0.15) is 6.42 Å². The summed E-state index contributed by atoms with van der Waals surface area (Å²) in [5.41, 5.74) is 6.79. The van der Waals surface area contributed by atoms with E-state index in [0.717, 1.165) is 43.3 Å². The molecule has 0 bridgehead atoms. The van der Waals surface area contributed by atoms with E-state index in [0.29, 0.717) is 25.7 Å². The maximum Gasteiger partial charge on any atom is 0.193 e. The molecule has 23 heavy (non-hydrogen) atoms. The van der Waals surface area contributed by atoms with Crippen LogP contribution in [-0.2, 0) is 4.74 Å². The highest BCUT2D eigenvalue weighted by molar-refractivity contribution is 5.92. The standard InChI is InChI=1S/C16H24N4O3/c1-20-5-8-21-13(11-20)10-18-16(17)19-12-3-4-14-15(9-12)23-7-2-6-22-14/h3-4,9,13H,2,5-8,10-11H2,1H3,(H3,17,18,19). The van der Waals surface area contributed by atoms with E-state index in [2.05, 4.69) is 22.3 Å². The maximum absolute atomic E-state index is 5.96. The van der Waals surface area contributed by atoms with Crippen molar-refractivity contribution >= 4 is 11.6 Å². The summed E-state index contributed by atoms with van der Waals surface area (Å²) in [6.45, 7) is 4.47. The fraction of sp³-hybridized carbons (Fsp3) is 0.562. The summed E-state index contributed by atoms with van der Waals surface area (Å²) in [7, 11) is 2.08. The normalized spacial score (nSPS) is 22.5. The summed E-state index contributed by atoms with van der Waals surface area (Å²) in [5, 5.41) is 3.09. The lowest BCUT2D eigenvalue weighted by atomic mass is 10.2. The van der Waals surface area contributed by atoms with Gasteiger partial charge in [-0.3, -0.25) is 4.99 Å². The number of likely N-dealkylation sites (N-methyl/N-ethyl adjacent to an activating group) is 1. The summed E-state index contributed by atoms with van der Waals surface area (Å²) >= 11 is 0. The number of nitrogens with two attached hydrogens (primary N) is 1. The molecule has 1 unspecified atom stereocenters. The summed E-state index contributed by atoms with van der Waals surface area (Å²) in [6, 6.07) is 5.67. The second kappa shape index (κ2) is 7.52. The van der Waals surface area contributed by atoms with Crippen molar-refractivity contribution in [2.24, 2.45) is 10.7 Å². The van der Waals surface area contributed by atoms with Gasteiger partial charge in [0.1, 0.15) is 0 Å². The zero-order valence-corrected chi connectivity index (χ0v) is 13.5. The first-order valence-corrected chi connectivity index (χ1v) is 7.97. The van der Waals surface area contributed by atoms with Crippen molar-refractivity contribution in [2.45, 2.75) is 12.5 Å². The predicted molar refractivity (Wildman–Crippen MR) is 89.4 cm³/mol. The van der Waals surface area contributed by atoms with E-state index in [1.54, 1.807) is 0 Å². The van der Waals surface area contributed by atoms with E-state index in [1.807, 2.05) is 18.2 Å². The van der Waals surface area contributed by atoms with Crippen molar-refractivity contribution in [3.05, 3.63) is 18.2 Å². The number of guanidine groups is 1. The molecular formula is C16H24N4O3. The Morgan fingerprint density at radius 3 is 2.96 bits per heavy atom. The topological polar surface area (TPSA) is 81.3 Å². The second-order valence-electron chi connectivity index (χ2n) is 5.82. The number of hydrogen-bond donors (Lipinski definition) is 2. The molecule has 7 heteroatoms. The molecule has 0 amide bonds. The quantitative estimate of drug-likeness (QED) is 0.636. The van der Waals surface area contributed by atoms with Crippen LogP contribution in [0.3, 0.4) is 0 Å². The van der Waals surface area contributed by atoms with Crippen molar-refractivity contribution in [2.75, 3.05) is 51.8 Å². The van der Waals surface area contributed by atoms with E-state index in [4.69, 9.17) is 19.9 Å². The van der Waals surface area contributed by atoms with Gasteiger partial charge >= 0.3 is 0 Å².